The van der Waals surface area contributed by atoms with Crippen LogP contribution in [0.1, 0.15) is 23.3 Å². The second-order valence-corrected chi connectivity index (χ2v) is 3.79. The van der Waals surface area contributed by atoms with Crippen LogP contribution in [0.2, 0.25) is 0 Å². The van der Waals surface area contributed by atoms with Crippen LogP contribution in [0.4, 0.5) is 0 Å². The van der Waals surface area contributed by atoms with Crippen molar-refractivity contribution < 1.29 is 5.11 Å². The van der Waals surface area contributed by atoms with Crippen LogP contribution in [0.15, 0.2) is 60.7 Å². The van der Waals surface area contributed by atoms with E-state index in [9.17, 15) is 5.11 Å². The van der Waals surface area contributed by atoms with Crippen molar-refractivity contribution in [1.82, 2.24) is 0 Å². The maximum atomic E-state index is 10.1. The Morgan fingerprint density at radius 1 is 0.750 bits per heavy atom. The van der Waals surface area contributed by atoms with Gasteiger partial charge in [-0.1, -0.05) is 60.7 Å². The molecule has 0 radical (unpaired) electrons. The van der Waals surface area contributed by atoms with E-state index in [1.807, 2.05) is 60.7 Å². The summed E-state index contributed by atoms with van der Waals surface area (Å²) in [4.78, 5) is 0. The number of aliphatic hydroxyl groups is 1. The molecule has 0 spiro atoms. The summed E-state index contributed by atoms with van der Waals surface area (Å²) in [6, 6.07) is 18.7. The van der Waals surface area contributed by atoms with Crippen LogP contribution in [-0.2, 0) is 0 Å². The molecule has 0 aromatic heterocycles. The van der Waals surface area contributed by atoms with E-state index in [4.69, 9.17) is 5.73 Å². The van der Waals surface area contributed by atoms with Gasteiger partial charge in [0.25, 0.3) is 0 Å². The number of hydrogen-bond donors (Lipinski definition) is 2. The number of benzene rings is 2. The lowest BCUT2D eigenvalue weighted by molar-refractivity contribution is 0.147. The van der Waals surface area contributed by atoms with Gasteiger partial charge in [-0.3, -0.25) is 0 Å². The summed E-state index contributed by atoms with van der Waals surface area (Å²) in [5, 5.41) is 10.1. The van der Waals surface area contributed by atoms with Gasteiger partial charge in [-0.15, -0.1) is 0 Å². The van der Waals surface area contributed by atoms with E-state index in [1.54, 1.807) is 0 Å². The van der Waals surface area contributed by atoms with E-state index in [-0.39, 0.29) is 6.04 Å². The first kappa shape index (κ1) is 10.9. The van der Waals surface area contributed by atoms with Crippen LogP contribution < -0.4 is 5.73 Å². The van der Waals surface area contributed by atoms with Gasteiger partial charge in [-0.25, -0.2) is 0 Å². The molecular weight excluding hydrogens is 199 g/mol. The third-order valence-corrected chi connectivity index (χ3v) is 2.67. The lowest BCUT2D eigenvalue weighted by atomic mass is 9.98. The maximum absolute atomic E-state index is 10.1. The quantitative estimate of drug-likeness (QED) is 0.771. The van der Waals surface area contributed by atoms with Crippen LogP contribution in [0.3, 0.4) is 0 Å². The largest absolute Gasteiger partial charge is 0.386 e. The lowest BCUT2D eigenvalue weighted by Crippen LogP contribution is -2.19. The predicted molar refractivity (Wildman–Crippen MR) is 64.8 cm³/mol. The topological polar surface area (TPSA) is 46.2 Å². The van der Waals surface area contributed by atoms with Crippen molar-refractivity contribution in [3.8, 4) is 0 Å². The molecular formula is C14H15NO. The minimum atomic E-state index is -0.663. The molecule has 0 amide bonds. The average Bonchev–Trinajstić information content (AvgIpc) is 2.39. The zero-order valence-electron chi connectivity index (χ0n) is 8.95. The Hall–Kier alpha value is -1.64. The first-order valence-electron chi connectivity index (χ1n) is 5.32. The van der Waals surface area contributed by atoms with Crippen molar-refractivity contribution in [2.24, 2.45) is 5.73 Å². The molecule has 0 heterocycles. The summed E-state index contributed by atoms with van der Waals surface area (Å²) in [6.07, 6.45) is -0.663. The predicted octanol–water partition coefficient (Wildman–Crippen LogP) is 2.42. The van der Waals surface area contributed by atoms with Crippen LogP contribution >= 0.6 is 0 Å². The Balaban J connectivity index is 2.20. The zero-order valence-corrected chi connectivity index (χ0v) is 8.95. The van der Waals surface area contributed by atoms with Gasteiger partial charge in [-0.2, -0.15) is 0 Å². The van der Waals surface area contributed by atoms with Gasteiger partial charge in [0.2, 0.25) is 0 Å². The highest BCUT2D eigenvalue weighted by Crippen LogP contribution is 2.25. The number of aliphatic hydroxyl groups excluding tert-OH is 1. The molecule has 2 aromatic rings. The van der Waals surface area contributed by atoms with E-state index in [0.29, 0.717) is 0 Å². The molecule has 2 aromatic carbocycles. The number of hydrogen-bond acceptors (Lipinski definition) is 2. The van der Waals surface area contributed by atoms with Crippen LogP contribution in [0.5, 0.6) is 0 Å². The summed E-state index contributed by atoms with van der Waals surface area (Å²) in [6.45, 7) is 0. The fourth-order valence-corrected chi connectivity index (χ4v) is 1.72. The highest BCUT2D eigenvalue weighted by Gasteiger charge is 2.17. The standard InChI is InChI=1S/C14H15NO/c15-13(11-7-3-1-4-8-11)14(16)12-9-5-2-6-10-12/h1-10,13-14,16H,15H2/t13-,14+/m0/s1/i15+1. The Kier molecular flexibility index (Phi) is 3.34. The minimum Gasteiger partial charge on any atom is -0.386 e. The summed E-state index contributed by atoms with van der Waals surface area (Å²) in [5.41, 5.74) is 7.81. The average molecular weight is 214 g/mol. The molecule has 2 atom stereocenters. The number of nitrogens with two attached hydrogens (primary N) is 1. The van der Waals surface area contributed by atoms with Crippen molar-refractivity contribution in [3.63, 3.8) is 0 Å². The lowest BCUT2D eigenvalue weighted by Gasteiger charge is -2.19. The van der Waals surface area contributed by atoms with E-state index < -0.39 is 6.10 Å². The molecule has 0 aliphatic rings. The summed E-state index contributed by atoms with van der Waals surface area (Å²) in [7, 11) is 0. The van der Waals surface area contributed by atoms with Crippen LogP contribution in [0, 0.1) is 0 Å². The van der Waals surface area contributed by atoms with Crippen molar-refractivity contribution in [2.45, 2.75) is 12.1 Å². The molecule has 3 N–H and O–H groups in total. The van der Waals surface area contributed by atoms with Crippen molar-refractivity contribution in [1.29, 1.82) is 0 Å². The molecule has 2 nitrogen and oxygen atoms in total. The molecule has 2 heteroatoms. The van der Waals surface area contributed by atoms with Gasteiger partial charge in [0.05, 0.1) is 12.1 Å². The fraction of sp³-hybridized carbons (Fsp3) is 0.143. The third-order valence-electron chi connectivity index (χ3n) is 2.67. The van der Waals surface area contributed by atoms with Gasteiger partial charge in [0, 0.05) is 0 Å². The number of rotatable bonds is 3. The van der Waals surface area contributed by atoms with Gasteiger partial charge >= 0.3 is 0 Å². The van der Waals surface area contributed by atoms with E-state index in [2.05, 4.69) is 0 Å². The SMILES string of the molecule is [15NH2][C@@H](c1ccccc1)[C@H](O)c1ccccc1. The van der Waals surface area contributed by atoms with Crippen LogP contribution in [0.25, 0.3) is 0 Å². The van der Waals surface area contributed by atoms with Crippen molar-refractivity contribution in [2.75, 3.05) is 0 Å². The molecule has 0 bridgehead atoms. The second kappa shape index (κ2) is 4.92. The summed E-state index contributed by atoms with van der Waals surface area (Å²) < 4.78 is 0. The Morgan fingerprint density at radius 3 is 1.69 bits per heavy atom. The van der Waals surface area contributed by atoms with Crippen molar-refractivity contribution in [3.05, 3.63) is 71.8 Å². The molecule has 82 valence electrons. The smallest absolute Gasteiger partial charge is 0.0982 e. The minimum absolute atomic E-state index is 0.386. The van der Waals surface area contributed by atoms with Gasteiger partial charge < -0.3 is 10.8 Å². The molecule has 0 saturated carbocycles. The summed E-state index contributed by atoms with van der Waals surface area (Å²) >= 11 is 0. The first-order valence-corrected chi connectivity index (χ1v) is 5.32. The molecule has 0 aliphatic carbocycles. The first-order chi connectivity index (χ1) is 7.79. The van der Waals surface area contributed by atoms with E-state index in [0.717, 1.165) is 11.1 Å². The molecule has 2 rings (SSSR count). The van der Waals surface area contributed by atoms with E-state index >= 15 is 0 Å². The fourth-order valence-electron chi connectivity index (χ4n) is 1.72. The Morgan fingerprint density at radius 2 is 1.19 bits per heavy atom. The summed E-state index contributed by atoms with van der Waals surface area (Å²) in [5.74, 6) is 0. The molecule has 16 heavy (non-hydrogen) atoms. The zero-order chi connectivity index (χ0) is 11.4. The maximum Gasteiger partial charge on any atom is 0.0982 e. The van der Waals surface area contributed by atoms with Crippen LogP contribution in [-0.4, -0.2) is 5.11 Å². The van der Waals surface area contributed by atoms with Crippen molar-refractivity contribution >= 4 is 0 Å². The molecule has 0 fully saturated rings. The van der Waals surface area contributed by atoms with Gasteiger partial charge in [0.15, 0.2) is 0 Å². The monoisotopic (exact) mass is 214 g/mol. The van der Waals surface area contributed by atoms with E-state index in [1.165, 1.54) is 0 Å². The molecule has 0 aliphatic heterocycles. The highest BCUT2D eigenvalue weighted by atomic mass is 16.3. The Bertz CT molecular complexity index is 384. The Labute approximate surface area is 95.4 Å². The third kappa shape index (κ3) is 2.30. The van der Waals surface area contributed by atoms with Gasteiger partial charge in [-0.05, 0) is 11.1 Å². The van der Waals surface area contributed by atoms with Gasteiger partial charge in [0.1, 0.15) is 0 Å². The normalized spacial score (nSPS) is 14.4. The highest BCUT2D eigenvalue weighted by molar-refractivity contribution is 5.25. The molecule has 0 unspecified atom stereocenters. The molecule has 0 saturated heterocycles. The second-order valence-electron chi connectivity index (χ2n) is 3.79.